The van der Waals surface area contributed by atoms with Crippen molar-refractivity contribution in [3.63, 3.8) is 0 Å². The lowest BCUT2D eigenvalue weighted by molar-refractivity contribution is -0.136. The first-order valence-electron chi connectivity index (χ1n) is 9.87. The number of likely N-dealkylation sites (N-methyl/N-ethyl adjacent to an activating group) is 1. The first kappa shape index (κ1) is 21.9. The second-order valence-electron chi connectivity index (χ2n) is 7.53. The number of anilines is 1. The van der Waals surface area contributed by atoms with Crippen molar-refractivity contribution in [1.29, 1.82) is 0 Å². The maximum absolute atomic E-state index is 13.6. The van der Waals surface area contributed by atoms with Crippen molar-refractivity contribution in [3.8, 4) is 0 Å². The third kappa shape index (κ3) is 5.61. The van der Waals surface area contributed by atoms with Gasteiger partial charge in [0.05, 0.1) is 6.04 Å². The van der Waals surface area contributed by atoms with Crippen molar-refractivity contribution in [2.45, 2.75) is 13.0 Å². The summed E-state index contributed by atoms with van der Waals surface area (Å²) in [6, 6.07) is 10.2. The molecule has 3 rings (SSSR count). The van der Waals surface area contributed by atoms with Gasteiger partial charge in [-0.25, -0.2) is 8.78 Å². The Morgan fingerprint density at radius 3 is 2.30 bits per heavy atom. The number of hydrogen-bond donors (Lipinski definition) is 2. The van der Waals surface area contributed by atoms with Crippen molar-refractivity contribution < 1.29 is 18.4 Å². The maximum Gasteiger partial charge on any atom is 0.313 e. The summed E-state index contributed by atoms with van der Waals surface area (Å²) in [5, 5.41) is 5.06. The highest BCUT2D eigenvalue weighted by Gasteiger charge is 2.25. The molecule has 1 aliphatic heterocycles. The molecule has 0 aromatic heterocycles. The van der Waals surface area contributed by atoms with Crippen molar-refractivity contribution >= 4 is 17.5 Å². The number of carbonyl (C=O) groups excluding carboxylic acids is 2. The van der Waals surface area contributed by atoms with Crippen molar-refractivity contribution in [2.75, 3.05) is 45.1 Å². The quantitative estimate of drug-likeness (QED) is 0.735. The van der Waals surface area contributed by atoms with E-state index in [1.54, 1.807) is 19.1 Å². The van der Waals surface area contributed by atoms with Crippen LogP contribution in [-0.2, 0) is 9.59 Å². The lowest BCUT2D eigenvalue weighted by Crippen LogP contribution is -2.49. The Morgan fingerprint density at radius 2 is 1.67 bits per heavy atom. The van der Waals surface area contributed by atoms with Gasteiger partial charge in [-0.15, -0.1) is 0 Å². The zero-order chi connectivity index (χ0) is 21.7. The number of halogens is 2. The van der Waals surface area contributed by atoms with Crippen LogP contribution in [0.4, 0.5) is 14.5 Å². The van der Waals surface area contributed by atoms with Crippen molar-refractivity contribution in [3.05, 3.63) is 65.2 Å². The predicted octanol–water partition coefficient (Wildman–Crippen LogP) is 2.32. The number of hydrogen-bond acceptors (Lipinski definition) is 4. The van der Waals surface area contributed by atoms with Gasteiger partial charge in [-0.1, -0.05) is 18.2 Å². The number of rotatable bonds is 5. The van der Waals surface area contributed by atoms with Crippen LogP contribution in [0.2, 0.25) is 0 Å². The highest BCUT2D eigenvalue weighted by Crippen LogP contribution is 2.22. The Balaban J connectivity index is 1.65. The fourth-order valence-corrected chi connectivity index (χ4v) is 3.40. The van der Waals surface area contributed by atoms with Crippen LogP contribution in [0.3, 0.4) is 0 Å². The Morgan fingerprint density at radius 1 is 1.00 bits per heavy atom. The van der Waals surface area contributed by atoms with Gasteiger partial charge in [0, 0.05) is 38.4 Å². The van der Waals surface area contributed by atoms with Crippen LogP contribution in [0.1, 0.15) is 17.2 Å². The molecule has 2 amide bonds. The molecule has 1 heterocycles. The van der Waals surface area contributed by atoms with Crippen LogP contribution >= 0.6 is 0 Å². The SMILES string of the molecule is Cc1ccc(NC(=O)C(=O)NC[C@@H](c2ccc(F)cc2)N2CCN(C)CC2)cc1F. The van der Waals surface area contributed by atoms with E-state index in [9.17, 15) is 18.4 Å². The Labute approximate surface area is 174 Å². The topological polar surface area (TPSA) is 64.7 Å². The van der Waals surface area contributed by atoms with Crippen LogP contribution in [0, 0.1) is 18.6 Å². The second kappa shape index (κ2) is 9.77. The van der Waals surface area contributed by atoms with E-state index in [0.29, 0.717) is 5.56 Å². The number of benzene rings is 2. The average Bonchev–Trinajstić information content (AvgIpc) is 2.73. The van der Waals surface area contributed by atoms with E-state index in [1.807, 2.05) is 7.05 Å². The fraction of sp³-hybridized carbons (Fsp3) is 0.364. The summed E-state index contributed by atoms with van der Waals surface area (Å²) >= 11 is 0. The van der Waals surface area contributed by atoms with Gasteiger partial charge in [-0.05, 0) is 49.4 Å². The molecule has 2 aromatic rings. The Hall–Kier alpha value is -2.84. The van der Waals surface area contributed by atoms with Gasteiger partial charge >= 0.3 is 11.8 Å². The number of carbonyl (C=O) groups is 2. The lowest BCUT2D eigenvalue weighted by Gasteiger charge is -2.38. The molecule has 0 radical (unpaired) electrons. The molecule has 0 saturated carbocycles. The molecule has 1 fully saturated rings. The monoisotopic (exact) mass is 416 g/mol. The minimum Gasteiger partial charge on any atom is -0.346 e. The van der Waals surface area contributed by atoms with E-state index in [0.717, 1.165) is 31.7 Å². The highest BCUT2D eigenvalue weighted by molar-refractivity contribution is 6.39. The van der Waals surface area contributed by atoms with Gasteiger partial charge < -0.3 is 15.5 Å². The van der Waals surface area contributed by atoms with E-state index in [-0.39, 0.29) is 24.1 Å². The maximum atomic E-state index is 13.6. The number of nitrogens with zero attached hydrogens (tertiary/aromatic N) is 2. The summed E-state index contributed by atoms with van der Waals surface area (Å²) in [6.45, 7) is 5.16. The van der Waals surface area contributed by atoms with Gasteiger partial charge in [0.25, 0.3) is 0 Å². The Bertz CT molecular complexity index is 897. The minimum absolute atomic E-state index is 0.187. The zero-order valence-electron chi connectivity index (χ0n) is 17.1. The molecule has 30 heavy (non-hydrogen) atoms. The van der Waals surface area contributed by atoms with Crippen LogP contribution in [0.5, 0.6) is 0 Å². The summed E-state index contributed by atoms with van der Waals surface area (Å²) in [6.07, 6.45) is 0. The molecule has 1 aliphatic rings. The molecule has 160 valence electrons. The van der Waals surface area contributed by atoms with Crippen molar-refractivity contribution in [2.24, 2.45) is 0 Å². The molecular weight excluding hydrogens is 390 g/mol. The third-order valence-corrected chi connectivity index (χ3v) is 5.33. The number of piperazine rings is 1. The fourth-order valence-electron chi connectivity index (χ4n) is 3.40. The van der Waals surface area contributed by atoms with Crippen LogP contribution in [-0.4, -0.2) is 61.4 Å². The van der Waals surface area contributed by atoms with E-state index in [2.05, 4.69) is 20.4 Å². The Kier molecular flexibility index (Phi) is 7.12. The molecule has 8 heteroatoms. The van der Waals surface area contributed by atoms with Gasteiger partial charge in [0.2, 0.25) is 0 Å². The summed E-state index contributed by atoms with van der Waals surface area (Å²) < 4.78 is 27.0. The standard InChI is InChI=1S/C22H26F2N4O2/c1-15-3-8-18(13-19(15)24)26-22(30)21(29)25-14-20(16-4-6-17(23)7-5-16)28-11-9-27(2)10-12-28/h3-8,13,20H,9-12,14H2,1-2H3,(H,25,29)(H,26,30)/t20-/m0/s1. The van der Waals surface area contributed by atoms with Gasteiger partial charge in [0.15, 0.2) is 0 Å². The summed E-state index contributed by atoms with van der Waals surface area (Å²) in [7, 11) is 2.05. The second-order valence-corrected chi connectivity index (χ2v) is 7.53. The molecule has 0 unspecified atom stereocenters. The molecule has 0 aliphatic carbocycles. The van der Waals surface area contributed by atoms with E-state index in [4.69, 9.17) is 0 Å². The first-order chi connectivity index (χ1) is 14.3. The number of aryl methyl sites for hydroxylation is 1. The van der Waals surface area contributed by atoms with Gasteiger partial charge in [-0.3, -0.25) is 14.5 Å². The summed E-state index contributed by atoms with van der Waals surface area (Å²) in [4.78, 5) is 28.9. The molecule has 2 aromatic carbocycles. The lowest BCUT2D eigenvalue weighted by atomic mass is 10.0. The molecule has 1 saturated heterocycles. The normalized spacial score (nSPS) is 16.1. The van der Waals surface area contributed by atoms with E-state index in [1.165, 1.54) is 30.3 Å². The number of nitrogens with one attached hydrogen (secondary N) is 2. The van der Waals surface area contributed by atoms with Crippen molar-refractivity contribution in [1.82, 2.24) is 15.1 Å². The molecule has 6 nitrogen and oxygen atoms in total. The molecule has 0 bridgehead atoms. The molecule has 2 N–H and O–H groups in total. The summed E-state index contributed by atoms with van der Waals surface area (Å²) in [5.74, 6) is -2.46. The van der Waals surface area contributed by atoms with Crippen LogP contribution < -0.4 is 10.6 Å². The molecule has 1 atom stereocenters. The third-order valence-electron chi connectivity index (χ3n) is 5.33. The highest BCUT2D eigenvalue weighted by atomic mass is 19.1. The predicted molar refractivity (Wildman–Crippen MR) is 111 cm³/mol. The zero-order valence-corrected chi connectivity index (χ0v) is 17.1. The first-order valence-corrected chi connectivity index (χ1v) is 9.87. The van der Waals surface area contributed by atoms with Gasteiger partial charge in [-0.2, -0.15) is 0 Å². The minimum atomic E-state index is -0.866. The largest absolute Gasteiger partial charge is 0.346 e. The molecule has 0 spiro atoms. The van der Waals surface area contributed by atoms with Gasteiger partial charge in [0.1, 0.15) is 11.6 Å². The summed E-state index contributed by atoms with van der Waals surface area (Å²) in [5.41, 5.74) is 1.53. The molecular formula is C22H26F2N4O2. The number of amides is 2. The van der Waals surface area contributed by atoms with E-state index < -0.39 is 17.6 Å². The average molecular weight is 416 g/mol. The van der Waals surface area contributed by atoms with E-state index >= 15 is 0 Å². The smallest absolute Gasteiger partial charge is 0.313 e. The van der Waals surface area contributed by atoms with Crippen LogP contribution in [0.25, 0.3) is 0 Å². The van der Waals surface area contributed by atoms with Crippen LogP contribution in [0.15, 0.2) is 42.5 Å².